The molecular weight excluding hydrogens is 381 g/mol. The first-order valence-electron chi connectivity index (χ1n) is 5.70. The van der Waals surface area contributed by atoms with Crippen molar-refractivity contribution >= 4 is 45.9 Å². The molecule has 0 aliphatic carbocycles. The van der Waals surface area contributed by atoms with E-state index in [4.69, 9.17) is 22.5 Å². The van der Waals surface area contributed by atoms with Crippen LogP contribution in [0.15, 0.2) is 23.4 Å². The minimum Gasteiger partial charge on any atom is -0.409 e. The molecule has 0 bridgehead atoms. The summed E-state index contributed by atoms with van der Waals surface area (Å²) >= 11 is 7.96. The summed E-state index contributed by atoms with van der Waals surface area (Å²) in [6.45, 7) is 1.92. The fourth-order valence-electron chi connectivity index (χ4n) is 1.53. The van der Waals surface area contributed by atoms with Crippen molar-refractivity contribution in [3.63, 3.8) is 0 Å². The second kappa shape index (κ2) is 7.54. The first kappa shape index (κ1) is 16.0. The van der Waals surface area contributed by atoms with Crippen molar-refractivity contribution in [3.05, 3.63) is 32.4 Å². The molecule has 0 heterocycles. The van der Waals surface area contributed by atoms with Gasteiger partial charge in [-0.05, 0) is 47.2 Å². The van der Waals surface area contributed by atoms with Gasteiger partial charge in [-0.25, -0.2) is 0 Å². The summed E-state index contributed by atoms with van der Waals surface area (Å²) < 4.78 is 0.818. The lowest BCUT2D eigenvalue weighted by molar-refractivity contribution is 0.0936. The van der Waals surface area contributed by atoms with Crippen LogP contribution in [0.4, 0.5) is 0 Å². The molecule has 5 nitrogen and oxygen atoms in total. The number of halogens is 2. The quantitative estimate of drug-likeness (QED) is 0.235. The smallest absolute Gasteiger partial charge is 0.252 e. The molecule has 1 aromatic carbocycles. The highest BCUT2D eigenvalue weighted by Crippen LogP contribution is 2.18. The molecule has 1 amide bonds. The highest BCUT2D eigenvalue weighted by Gasteiger charge is 2.16. The van der Waals surface area contributed by atoms with Crippen LogP contribution in [0.3, 0.4) is 0 Å². The molecule has 104 valence electrons. The summed E-state index contributed by atoms with van der Waals surface area (Å²) in [6.07, 6.45) is 0.981. The van der Waals surface area contributed by atoms with Crippen LogP contribution in [0.25, 0.3) is 0 Å². The van der Waals surface area contributed by atoms with Gasteiger partial charge in [-0.1, -0.05) is 23.7 Å². The lowest BCUT2D eigenvalue weighted by atomic mass is 10.1. The van der Waals surface area contributed by atoms with E-state index in [1.807, 2.05) is 6.92 Å². The van der Waals surface area contributed by atoms with Crippen molar-refractivity contribution in [2.75, 3.05) is 0 Å². The predicted octanol–water partition coefficient (Wildman–Crippen LogP) is 2.59. The zero-order valence-corrected chi connectivity index (χ0v) is 13.3. The normalized spacial score (nSPS) is 13.1. The molecular formula is C12H15ClIN3O2. The standard InChI is InChI=1S/C12H15ClIN3O2/c1-2-8(6-11(15)17-19)16-12(18)9-5-7(13)3-4-10(9)14/h3-5,8,19H,2,6H2,1H3,(H2,15,17)(H,16,18). The Morgan fingerprint density at radius 1 is 1.63 bits per heavy atom. The van der Waals surface area contributed by atoms with Gasteiger partial charge in [0, 0.05) is 21.1 Å². The predicted molar refractivity (Wildman–Crippen MR) is 83.7 cm³/mol. The molecule has 1 aromatic rings. The Kier molecular flexibility index (Phi) is 6.36. The lowest BCUT2D eigenvalue weighted by Crippen LogP contribution is -2.37. The van der Waals surface area contributed by atoms with E-state index in [-0.39, 0.29) is 17.8 Å². The molecule has 0 aromatic heterocycles. The lowest BCUT2D eigenvalue weighted by Gasteiger charge is -2.16. The molecule has 0 fully saturated rings. The zero-order chi connectivity index (χ0) is 14.4. The van der Waals surface area contributed by atoms with Gasteiger partial charge in [-0.15, -0.1) is 0 Å². The third-order valence-electron chi connectivity index (χ3n) is 2.59. The first-order chi connectivity index (χ1) is 8.97. The average molecular weight is 396 g/mol. The number of benzene rings is 1. The van der Waals surface area contributed by atoms with Crippen molar-refractivity contribution in [2.24, 2.45) is 10.9 Å². The van der Waals surface area contributed by atoms with Crippen molar-refractivity contribution < 1.29 is 10.0 Å². The molecule has 1 unspecified atom stereocenters. The maximum atomic E-state index is 12.1. The molecule has 0 spiro atoms. The summed E-state index contributed by atoms with van der Waals surface area (Å²) in [5, 5.41) is 14.8. The minimum atomic E-state index is -0.218. The van der Waals surface area contributed by atoms with Crippen LogP contribution in [0.5, 0.6) is 0 Å². The Balaban J connectivity index is 2.80. The second-order valence-electron chi connectivity index (χ2n) is 4.00. The Hall–Kier alpha value is -1.02. The Morgan fingerprint density at radius 3 is 2.89 bits per heavy atom. The van der Waals surface area contributed by atoms with Gasteiger partial charge in [0.25, 0.3) is 5.91 Å². The third kappa shape index (κ3) is 4.87. The highest BCUT2D eigenvalue weighted by molar-refractivity contribution is 14.1. The molecule has 0 aliphatic rings. The number of oxime groups is 1. The van der Waals surface area contributed by atoms with Crippen LogP contribution < -0.4 is 11.1 Å². The molecule has 0 aliphatic heterocycles. The number of amidine groups is 1. The molecule has 0 saturated carbocycles. The van der Waals surface area contributed by atoms with Crippen LogP contribution in [-0.4, -0.2) is 23.0 Å². The van der Waals surface area contributed by atoms with Gasteiger partial charge in [0.2, 0.25) is 0 Å². The first-order valence-corrected chi connectivity index (χ1v) is 7.15. The van der Waals surface area contributed by atoms with E-state index < -0.39 is 0 Å². The molecule has 1 rings (SSSR count). The van der Waals surface area contributed by atoms with Gasteiger partial charge in [-0.3, -0.25) is 4.79 Å². The monoisotopic (exact) mass is 395 g/mol. The summed E-state index contributed by atoms with van der Waals surface area (Å²) in [7, 11) is 0. The molecule has 19 heavy (non-hydrogen) atoms. The van der Waals surface area contributed by atoms with E-state index >= 15 is 0 Å². The third-order valence-corrected chi connectivity index (χ3v) is 3.76. The number of carbonyl (C=O) groups is 1. The van der Waals surface area contributed by atoms with E-state index in [0.717, 1.165) is 3.57 Å². The van der Waals surface area contributed by atoms with Gasteiger partial charge in [-0.2, -0.15) is 0 Å². The summed E-state index contributed by atoms with van der Waals surface area (Å²) in [4.78, 5) is 12.1. The van der Waals surface area contributed by atoms with Crippen molar-refractivity contribution in [1.82, 2.24) is 5.32 Å². The number of rotatable bonds is 5. The van der Waals surface area contributed by atoms with Crippen molar-refractivity contribution in [2.45, 2.75) is 25.8 Å². The number of amides is 1. The minimum absolute atomic E-state index is 0.0907. The van der Waals surface area contributed by atoms with Gasteiger partial charge in [0.05, 0.1) is 5.56 Å². The van der Waals surface area contributed by atoms with Crippen LogP contribution >= 0.6 is 34.2 Å². The topological polar surface area (TPSA) is 87.7 Å². The van der Waals surface area contributed by atoms with Crippen molar-refractivity contribution in [1.29, 1.82) is 0 Å². The van der Waals surface area contributed by atoms with Crippen LogP contribution in [0.1, 0.15) is 30.1 Å². The SMILES string of the molecule is CCC(C/C(N)=N/O)NC(=O)c1cc(Cl)ccc1I. The fourth-order valence-corrected chi connectivity index (χ4v) is 2.28. The molecule has 0 radical (unpaired) electrons. The fraction of sp³-hybridized carbons (Fsp3) is 0.333. The Morgan fingerprint density at radius 2 is 2.32 bits per heavy atom. The Labute approximate surface area is 130 Å². The number of nitrogens with one attached hydrogen (secondary N) is 1. The molecule has 0 saturated heterocycles. The zero-order valence-electron chi connectivity index (χ0n) is 10.4. The number of hydrogen-bond donors (Lipinski definition) is 3. The highest BCUT2D eigenvalue weighted by atomic mass is 127. The van der Waals surface area contributed by atoms with Gasteiger partial charge in [0.15, 0.2) is 0 Å². The summed E-state index contributed by atoms with van der Waals surface area (Å²) in [5.41, 5.74) is 5.96. The van der Waals surface area contributed by atoms with Gasteiger partial charge >= 0.3 is 0 Å². The van der Waals surface area contributed by atoms with E-state index in [1.165, 1.54) is 0 Å². The van der Waals surface area contributed by atoms with Crippen LogP contribution in [0, 0.1) is 3.57 Å². The summed E-state index contributed by atoms with van der Waals surface area (Å²) in [5.74, 6) is -0.127. The summed E-state index contributed by atoms with van der Waals surface area (Å²) in [6, 6.07) is 4.95. The number of hydrogen-bond acceptors (Lipinski definition) is 3. The van der Waals surface area contributed by atoms with Crippen LogP contribution in [-0.2, 0) is 0 Å². The van der Waals surface area contributed by atoms with E-state index in [2.05, 4.69) is 33.1 Å². The maximum absolute atomic E-state index is 12.1. The average Bonchev–Trinajstić information content (AvgIpc) is 2.40. The maximum Gasteiger partial charge on any atom is 0.252 e. The van der Waals surface area contributed by atoms with E-state index in [9.17, 15) is 4.79 Å². The molecule has 7 heteroatoms. The van der Waals surface area contributed by atoms with Gasteiger partial charge in [0.1, 0.15) is 5.84 Å². The van der Waals surface area contributed by atoms with Gasteiger partial charge < -0.3 is 16.3 Å². The number of nitrogens with zero attached hydrogens (tertiary/aromatic N) is 1. The number of nitrogens with two attached hydrogens (primary N) is 1. The molecule has 1 atom stereocenters. The molecule has 4 N–H and O–H groups in total. The Bertz CT molecular complexity index is 494. The van der Waals surface area contributed by atoms with E-state index in [0.29, 0.717) is 23.4 Å². The largest absolute Gasteiger partial charge is 0.409 e. The second-order valence-corrected chi connectivity index (χ2v) is 5.60. The number of carbonyl (C=O) groups excluding carboxylic acids is 1. The van der Waals surface area contributed by atoms with Crippen LogP contribution in [0.2, 0.25) is 5.02 Å². The van der Waals surface area contributed by atoms with E-state index in [1.54, 1.807) is 18.2 Å². The van der Waals surface area contributed by atoms with Crippen molar-refractivity contribution in [3.8, 4) is 0 Å².